The van der Waals surface area contributed by atoms with Gasteiger partial charge in [-0.25, -0.2) is 0 Å². The van der Waals surface area contributed by atoms with Crippen molar-refractivity contribution in [1.29, 1.82) is 0 Å². The quantitative estimate of drug-likeness (QED) is 0.622. The van der Waals surface area contributed by atoms with E-state index in [1.165, 1.54) is 12.8 Å². The number of nitrogens with one attached hydrogen (secondary N) is 1. The predicted molar refractivity (Wildman–Crippen MR) is 64.8 cm³/mol. The maximum atomic E-state index is 11.1. The van der Waals surface area contributed by atoms with Gasteiger partial charge in [0.2, 0.25) is 5.91 Å². The molecule has 88 valence electrons. The molecule has 0 heterocycles. The van der Waals surface area contributed by atoms with E-state index in [-0.39, 0.29) is 5.91 Å². The van der Waals surface area contributed by atoms with Crippen LogP contribution in [0.2, 0.25) is 0 Å². The number of nitrogens with zero attached hydrogens (tertiary/aromatic N) is 1. The van der Waals surface area contributed by atoms with Gasteiger partial charge < -0.3 is 10.2 Å². The molecule has 3 heteroatoms. The normalized spacial score (nSPS) is 11.2. The van der Waals surface area contributed by atoms with Gasteiger partial charge in [0, 0.05) is 13.1 Å². The zero-order chi connectivity index (χ0) is 11.5. The molecule has 0 aromatic rings. The topological polar surface area (TPSA) is 32.3 Å². The molecule has 0 spiro atoms. The van der Waals surface area contributed by atoms with Crippen molar-refractivity contribution in [3.8, 4) is 0 Å². The molecule has 1 amide bonds. The third kappa shape index (κ3) is 8.18. The molecule has 0 aromatic heterocycles. The lowest BCUT2D eigenvalue weighted by atomic mass is 10.3. The second-order valence-corrected chi connectivity index (χ2v) is 3.63. The Hall–Kier alpha value is -0.830. The highest BCUT2D eigenvalue weighted by Gasteiger charge is 2.02. The molecule has 3 nitrogen and oxygen atoms in total. The summed E-state index contributed by atoms with van der Waals surface area (Å²) in [6, 6.07) is 0. The van der Waals surface area contributed by atoms with Crippen molar-refractivity contribution in [2.45, 2.75) is 33.6 Å². The standard InChI is InChI=1S/C12H24N2O/c1-4-7-12(15)13-8-11-14(9-5-2)10-6-3/h4,7H,5-6,8-11H2,1-3H3,(H,13,15)/b7-4+. The van der Waals surface area contributed by atoms with Crippen molar-refractivity contribution in [1.82, 2.24) is 10.2 Å². The van der Waals surface area contributed by atoms with Crippen LogP contribution in [0.15, 0.2) is 12.2 Å². The van der Waals surface area contributed by atoms with E-state index in [2.05, 4.69) is 24.1 Å². The van der Waals surface area contributed by atoms with Crippen molar-refractivity contribution >= 4 is 5.91 Å². The van der Waals surface area contributed by atoms with Gasteiger partial charge in [-0.3, -0.25) is 4.79 Å². The molecule has 0 aromatic carbocycles. The zero-order valence-electron chi connectivity index (χ0n) is 10.3. The predicted octanol–water partition coefficient (Wildman–Crippen LogP) is 1.80. The molecular formula is C12H24N2O. The summed E-state index contributed by atoms with van der Waals surface area (Å²) in [7, 11) is 0. The lowest BCUT2D eigenvalue weighted by Crippen LogP contribution is -2.35. The Morgan fingerprint density at radius 2 is 1.80 bits per heavy atom. The fraction of sp³-hybridized carbons (Fsp3) is 0.750. The fourth-order valence-corrected chi connectivity index (χ4v) is 1.52. The van der Waals surface area contributed by atoms with Gasteiger partial charge in [0.05, 0.1) is 0 Å². The molecule has 0 bridgehead atoms. The highest BCUT2D eigenvalue weighted by Crippen LogP contribution is 1.92. The van der Waals surface area contributed by atoms with Gasteiger partial charge in [0.25, 0.3) is 0 Å². The SMILES string of the molecule is C/C=C/C(=O)NCCN(CCC)CCC. The number of rotatable bonds is 8. The monoisotopic (exact) mass is 212 g/mol. The zero-order valence-corrected chi connectivity index (χ0v) is 10.3. The summed E-state index contributed by atoms with van der Waals surface area (Å²) in [5.74, 6) is 0.00504. The van der Waals surface area contributed by atoms with Crippen LogP contribution in [-0.4, -0.2) is 37.0 Å². The Labute approximate surface area is 93.5 Å². The molecule has 0 saturated carbocycles. The summed E-state index contributed by atoms with van der Waals surface area (Å²) >= 11 is 0. The molecule has 0 rings (SSSR count). The number of allylic oxidation sites excluding steroid dienone is 1. The van der Waals surface area contributed by atoms with Gasteiger partial charge in [-0.15, -0.1) is 0 Å². The average molecular weight is 212 g/mol. The summed E-state index contributed by atoms with van der Waals surface area (Å²) in [5, 5.41) is 2.86. The molecule has 0 radical (unpaired) electrons. The molecular weight excluding hydrogens is 188 g/mol. The van der Waals surface area contributed by atoms with Crippen LogP contribution in [0, 0.1) is 0 Å². The van der Waals surface area contributed by atoms with E-state index < -0.39 is 0 Å². The van der Waals surface area contributed by atoms with Crippen molar-refractivity contribution in [2.75, 3.05) is 26.2 Å². The lowest BCUT2D eigenvalue weighted by Gasteiger charge is -2.20. The smallest absolute Gasteiger partial charge is 0.243 e. The lowest BCUT2D eigenvalue weighted by molar-refractivity contribution is -0.116. The second-order valence-electron chi connectivity index (χ2n) is 3.63. The van der Waals surface area contributed by atoms with Crippen molar-refractivity contribution < 1.29 is 4.79 Å². The molecule has 15 heavy (non-hydrogen) atoms. The number of amides is 1. The first-order valence-corrected chi connectivity index (χ1v) is 5.87. The second kappa shape index (κ2) is 9.71. The number of hydrogen-bond donors (Lipinski definition) is 1. The molecule has 1 N–H and O–H groups in total. The Kier molecular flexibility index (Phi) is 9.18. The third-order valence-electron chi connectivity index (χ3n) is 2.12. The summed E-state index contributed by atoms with van der Waals surface area (Å²) < 4.78 is 0. The maximum absolute atomic E-state index is 11.1. The number of carbonyl (C=O) groups excluding carboxylic acids is 1. The van der Waals surface area contributed by atoms with Crippen LogP contribution in [0.3, 0.4) is 0 Å². The van der Waals surface area contributed by atoms with E-state index in [4.69, 9.17) is 0 Å². The largest absolute Gasteiger partial charge is 0.351 e. The van der Waals surface area contributed by atoms with Crippen LogP contribution in [0.1, 0.15) is 33.6 Å². The molecule has 0 aliphatic rings. The number of hydrogen-bond acceptors (Lipinski definition) is 2. The van der Waals surface area contributed by atoms with Gasteiger partial charge in [-0.1, -0.05) is 19.9 Å². The first kappa shape index (κ1) is 14.2. The molecule has 0 saturated heterocycles. The van der Waals surface area contributed by atoms with Gasteiger partial charge in [0.15, 0.2) is 0 Å². The van der Waals surface area contributed by atoms with E-state index in [9.17, 15) is 4.79 Å². The first-order valence-electron chi connectivity index (χ1n) is 5.87. The van der Waals surface area contributed by atoms with Crippen LogP contribution in [-0.2, 0) is 4.79 Å². The third-order valence-corrected chi connectivity index (χ3v) is 2.12. The van der Waals surface area contributed by atoms with Crippen LogP contribution < -0.4 is 5.32 Å². The molecule has 0 unspecified atom stereocenters. The molecule has 0 aliphatic carbocycles. The minimum atomic E-state index is 0.00504. The van der Waals surface area contributed by atoms with Crippen molar-refractivity contribution in [3.63, 3.8) is 0 Å². The van der Waals surface area contributed by atoms with Gasteiger partial charge in [-0.2, -0.15) is 0 Å². The van der Waals surface area contributed by atoms with Gasteiger partial charge in [0.1, 0.15) is 0 Å². The van der Waals surface area contributed by atoms with E-state index in [1.807, 2.05) is 6.92 Å². The Morgan fingerprint density at radius 3 is 2.27 bits per heavy atom. The highest BCUT2D eigenvalue weighted by molar-refractivity contribution is 5.87. The van der Waals surface area contributed by atoms with Crippen LogP contribution >= 0.6 is 0 Å². The van der Waals surface area contributed by atoms with Gasteiger partial charge in [-0.05, 0) is 38.9 Å². The van der Waals surface area contributed by atoms with E-state index in [0.29, 0.717) is 0 Å². The van der Waals surface area contributed by atoms with E-state index >= 15 is 0 Å². The minimum absolute atomic E-state index is 0.00504. The minimum Gasteiger partial charge on any atom is -0.351 e. The first-order chi connectivity index (χ1) is 7.24. The summed E-state index contributed by atoms with van der Waals surface area (Å²) in [5.41, 5.74) is 0. The van der Waals surface area contributed by atoms with Crippen molar-refractivity contribution in [2.24, 2.45) is 0 Å². The fourth-order valence-electron chi connectivity index (χ4n) is 1.52. The van der Waals surface area contributed by atoms with Crippen molar-refractivity contribution in [3.05, 3.63) is 12.2 Å². The van der Waals surface area contributed by atoms with Crippen LogP contribution in [0.25, 0.3) is 0 Å². The van der Waals surface area contributed by atoms with E-state index in [0.717, 1.165) is 26.2 Å². The summed E-state index contributed by atoms with van der Waals surface area (Å²) in [6.45, 7) is 10.1. The maximum Gasteiger partial charge on any atom is 0.243 e. The Balaban J connectivity index is 3.64. The summed E-state index contributed by atoms with van der Waals surface area (Å²) in [4.78, 5) is 13.5. The molecule has 0 aliphatic heterocycles. The highest BCUT2D eigenvalue weighted by atomic mass is 16.1. The summed E-state index contributed by atoms with van der Waals surface area (Å²) in [6.07, 6.45) is 5.65. The van der Waals surface area contributed by atoms with Gasteiger partial charge >= 0.3 is 0 Å². The molecule has 0 fully saturated rings. The average Bonchev–Trinajstić information content (AvgIpc) is 2.19. The molecule has 0 atom stereocenters. The Bertz CT molecular complexity index is 184. The van der Waals surface area contributed by atoms with Crippen LogP contribution in [0.5, 0.6) is 0 Å². The van der Waals surface area contributed by atoms with E-state index in [1.54, 1.807) is 12.2 Å². The van der Waals surface area contributed by atoms with Crippen LogP contribution in [0.4, 0.5) is 0 Å². The number of carbonyl (C=O) groups is 1. The Morgan fingerprint density at radius 1 is 1.20 bits per heavy atom.